The first kappa shape index (κ1) is 16.2. The number of hydrogen-bond donors (Lipinski definition) is 1. The van der Waals surface area contributed by atoms with Gasteiger partial charge in [0.2, 0.25) is 0 Å². The zero-order chi connectivity index (χ0) is 16.9. The number of nitrogens with one attached hydrogen (secondary N) is 1. The Bertz CT molecular complexity index is 866. The van der Waals surface area contributed by atoms with E-state index in [-0.39, 0.29) is 12.1 Å². The van der Waals surface area contributed by atoms with E-state index >= 15 is 0 Å². The molecular formula is C15H15ClN6O2. The van der Waals surface area contributed by atoms with Crippen molar-refractivity contribution < 1.29 is 9.57 Å². The Morgan fingerprint density at radius 3 is 3.04 bits per heavy atom. The van der Waals surface area contributed by atoms with Crippen molar-refractivity contribution in [3.8, 4) is 5.75 Å². The molecule has 0 fully saturated rings. The van der Waals surface area contributed by atoms with Gasteiger partial charge in [-0.2, -0.15) is 14.5 Å². The Morgan fingerprint density at radius 2 is 2.25 bits per heavy atom. The summed E-state index contributed by atoms with van der Waals surface area (Å²) in [5, 5.41) is 4.92. The van der Waals surface area contributed by atoms with Crippen LogP contribution in [-0.2, 0) is 4.84 Å². The first-order valence-corrected chi connectivity index (χ1v) is 7.50. The molecule has 24 heavy (non-hydrogen) atoms. The highest BCUT2D eigenvalue weighted by atomic mass is 35.5. The Labute approximate surface area is 143 Å². The molecule has 0 aliphatic carbocycles. The number of halogens is 1. The summed E-state index contributed by atoms with van der Waals surface area (Å²) >= 11 is 5.98. The fourth-order valence-corrected chi connectivity index (χ4v) is 2.29. The van der Waals surface area contributed by atoms with Crippen LogP contribution < -0.4 is 10.2 Å². The first-order valence-electron chi connectivity index (χ1n) is 7.12. The zero-order valence-corrected chi connectivity index (χ0v) is 13.8. The largest absolute Gasteiger partial charge is 0.484 e. The van der Waals surface area contributed by atoms with Gasteiger partial charge in [-0.3, -0.25) is 10.3 Å². The molecule has 0 saturated heterocycles. The maximum absolute atomic E-state index is 5.98. The fraction of sp³-hybridized carbons (Fsp3) is 0.200. The zero-order valence-electron chi connectivity index (χ0n) is 13.0. The van der Waals surface area contributed by atoms with E-state index in [0.29, 0.717) is 16.5 Å². The quantitative estimate of drug-likeness (QED) is 0.419. The molecule has 0 spiro atoms. The summed E-state index contributed by atoms with van der Waals surface area (Å²) in [4.78, 5) is 17.1. The second kappa shape index (κ2) is 7.24. The van der Waals surface area contributed by atoms with Gasteiger partial charge in [0.15, 0.2) is 0 Å². The van der Waals surface area contributed by atoms with Gasteiger partial charge in [-0.1, -0.05) is 17.7 Å². The molecular weight excluding hydrogens is 332 g/mol. The van der Waals surface area contributed by atoms with Crippen LogP contribution in [0.1, 0.15) is 18.7 Å². The second-order valence-corrected chi connectivity index (χ2v) is 5.23. The molecule has 0 amide bonds. The van der Waals surface area contributed by atoms with Gasteiger partial charge in [-0.15, -0.1) is 5.10 Å². The Hall–Kier alpha value is -2.71. The van der Waals surface area contributed by atoms with Gasteiger partial charge in [0, 0.05) is 11.2 Å². The predicted molar refractivity (Wildman–Crippen MR) is 89.6 cm³/mol. The summed E-state index contributed by atoms with van der Waals surface area (Å²) in [6, 6.07) is 9.03. The summed E-state index contributed by atoms with van der Waals surface area (Å²) in [5.41, 5.74) is 3.26. The topological polar surface area (TPSA) is 85.9 Å². The molecule has 1 atom stereocenters. The maximum Gasteiger partial charge on any atom is 0.272 e. The van der Waals surface area contributed by atoms with Crippen LogP contribution in [0.25, 0.3) is 5.78 Å². The SMILES string of the molecule is CONC=Nc1nc2nccc(C(C)Oc3cccc(Cl)c3)n2n1. The number of benzene rings is 1. The minimum atomic E-state index is -0.287. The van der Waals surface area contributed by atoms with Crippen molar-refractivity contribution in [1.29, 1.82) is 0 Å². The van der Waals surface area contributed by atoms with Gasteiger partial charge in [0.05, 0.1) is 12.8 Å². The van der Waals surface area contributed by atoms with Crippen molar-refractivity contribution in [3.05, 3.63) is 47.2 Å². The van der Waals surface area contributed by atoms with Crippen molar-refractivity contribution in [2.45, 2.75) is 13.0 Å². The molecule has 1 N–H and O–H groups in total. The van der Waals surface area contributed by atoms with Crippen molar-refractivity contribution in [2.24, 2.45) is 4.99 Å². The van der Waals surface area contributed by atoms with Crippen LogP contribution in [0.5, 0.6) is 5.75 Å². The van der Waals surface area contributed by atoms with Crippen LogP contribution in [0.15, 0.2) is 41.5 Å². The number of rotatable bonds is 6. The van der Waals surface area contributed by atoms with Crippen LogP contribution in [0.3, 0.4) is 0 Å². The van der Waals surface area contributed by atoms with Crippen LogP contribution in [0, 0.1) is 0 Å². The fourth-order valence-electron chi connectivity index (χ4n) is 2.10. The Morgan fingerprint density at radius 1 is 1.38 bits per heavy atom. The molecule has 0 aliphatic heterocycles. The summed E-state index contributed by atoms with van der Waals surface area (Å²) in [6.07, 6.45) is 2.71. The van der Waals surface area contributed by atoms with E-state index in [1.165, 1.54) is 13.4 Å². The summed E-state index contributed by atoms with van der Waals surface area (Å²) in [5.74, 6) is 1.36. The summed E-state index contributed by atoms with van der Waals surface area (Å²) < 4.78 is 7.52. The molecule has 0 bridgehead atoms. The van der Waals surface area contributed by atoms with Gasteiger partial charge in [0.25, 0.3) is 11.7 Å². The number of aliphatic imine (C=N–C) groups is 1. The normalized spacial score (nSPS) is 12.6. The minimum absolute atomic E-state index is 0.259. The van der Waals surface area contributed by atoms with E-state index in [1.54, 1.807) is 22.8 Å². The average molecular weight is 347 g/mol. The smallest absolute Gasteiger partial charge is 0.272 e. The molecule has 3 rings (SSSR count). The van der Waals surface area contributed by atoms with Gasteiger partial charge >= 0.3 is 0 Å². The van der Waals surface area contributed by atoms with E-state index in [0.717, 1.165) is 5.69 Å². The van der Waals surface area contributed by atoms with E-state index in [1.807, 2.05) is 25.1 Å². The van der Waals surface area contributed by atoms with Gasteiger partial charge in [-0.25, -0.2) is 4.98 Å². The second-order valence-electron chi connectivity index (χ2n) is 4.79. The van der Waals surface area contributed by atoms with Crippen LogP contribution in [0.4, 0.5) is 5.95 Å². The molecule has 1 unspecified atom stereocenters. The third kappa shape index (κ3) is 3.61. The predicted octanol–water partition coefficient (Wildman–Crippen LogP) is 2.73. The summed E-state index contributed by atoms with van der Waals surface area (Å²) in [6.45, 7) is 1.91. The third-order valence-corrected chi connectivity index (χ3v) is 3.37. The first-order chi connectivity index (χ1) is 11.7. The van der Waals surface area contributed by atoms with Crippen molar-refractivity contribution in [3.63, 3.8) is 0 Å². The average Bonchev–Trinajstić information content (AvgIpc) is 2.97. The molecule has 2 heterocycles. The maximum atomic E-state index is 5.98. The highest BCUT2D eigenvalue weighted by Crippen LogP contribution is 2.24. The minimum Gasteiger partial charge on any atom is -0.484 e. The molecule has 0 saturated carbocycles. The van der Waals surface area contributed by atoms with Gasteiger partial charge in [-0.05, 0) is 31.2 Å². The molecule has 124 valence electrons. The van der Waals surface area contributed by atoms with Crippen molar-refractivity contribution in [2.75, 3.05) is 7.11 Å². The number of hydrogen-bond acceptors (Lipinski definition) is 6. The lowest BCUT2D eigenvalue weighted by molar-refractivity contribution is 0.148. The van der Waals surface area contributed by atoms with Crippen LogP contribution in [0.2, 0.25) is 5.02 Å². The third-order valence-electron chi connectivity index (χ3n) is 3.13. The number of aromatic nitrogens is 4. The van der Waals surface area contributed by atoms with Crippen LogP contribution in [-0.4, -0.2) is 33.0 Å². The monoisotopic (exact) mass is 346 g/mol. The van der Waals surface area contributed by atoms with E-state index < -0.39 is 0 Å². The van der Waals surface area contributed by atoms with Crippen LogP contribution >= 0.6 is 11.6 Å². The molecule has 0 aliphatic rings. The highest BCUT2D eigenvalue weighted by Gasteiger charge is 2.15. The Balaban J connectivity index is 1.88. The lowest BCUT2D eigenvalue weighted by Gasteiger charge is -2.15. The molecule has 3 aromatic rings. The molecule has 2 aromatic heterocycles. The van der Waals surface area contributed by atoms with Crippen molar-refractivity contribution >= 4 is 29.7 Å². The lowest BCUT2D eigenvalue weighted by Crippen LogP contribution is -2.10. The lowest BCUT2D eigenvalue weighted by atomic mass is 10.2. The Kier molecular flexibility index (Phi) is 4.88. The number of nitrogens with zero attached hydrogens (tertiary/aromatic N) is 5. The van der Waals surface area contributed by atoms with E-state index in [4.69, 9.17) is 16.3 Å². The van der Waals surface area contributed by atoms with Gasteiger partial charge < -0.3 is 4.74 Å². The van der Waals surface area contributed by atoms with Crippen molar-refractivity contribution in [1.82, 2.24) is 25.1 Å². The summed E-state index contributed by atoms with van der Waals surface area (Å²) in [7, 11) is 1.48. The molecule has 0 radical (unpaired) electrons. The number of hydroxylamine groups is 1. The molecule has 1 aromatic carbocycles. The molecule has 9 heteroatoms. The standard InChI is InChI=1S/C15H15ClN6O2/c1-10(24-12-5-3-4-11(16)8-12)13-6-7-17-15-20-14(21-22(13)15)18-9-19-23-2/h3-10H,1-2H3,(H,18,19,21). The highest BCUT2D eigenvalue weighted by molar-refractivity contribution is 6.30. The van der Waals surface area contributed by atoms with E-state index in [2.05, 4.69) is 30.4 Å². The van der Waals surface area contributed by atoms with Gasteiger partial charge in [0.1, 0.15) is 18.2 Å². The number of ether oxygens (including phenoxy) is 1. The number of fused-ring (bicyclic) bond motifs is 1. The van der Waals surface area contributed by atoms with E-state index in [9.17, 15) is 0 Å². The molecule has 8 nitrogen and oxygen atoms in total.